The number of para-hydroxylation sites is 1. The third-order valence-electron chi connectivity index (χ3n) is 3.42. The van der Waals surface area contributed by atoms with E-state index in [2.05, 4.69) is 6.92 Å². The second-order valence-electron chi connectivity index (χ2n) is 4.88. The summed E-state index contributed by atoms with van der Waals surface area (Å²) >= 11 is 0. The van der Waals surface area contributed by atoms with Gasteiger partial charge in [0.2, 0.25) is 0 Å². The van der Waals surface area contributed by atoms with Crippen molar-refractivity contribution in [3.05, 3.63) is 65.2 Å². The van der Waals surface area contributed by atoms with Gasteiger partial charge in [0.1, 0.15) is 5.75 Å². The number of ether oxygens (including phenoxy) is 1. The molecule has 2 aromatic rings. The Bertz CT molecular complexity index is 669. The van der Waals surface area contributed by atoms with Crippen molar-refractivity contribution in [1.82, 2.24) is 0 Å². The molecule has 0 aromatic heterocycles. The standard InChI is InChI=1S/C19H20O3/c1-3-14-9-11-15(12-10-14)17(19(20)21)13-16-7-5-6-8-18(16)22-4-2/h5-13H,3-4H2,1-2H3,(H,20,21)/b17-13-. The normalized spacial score (nSPS) is 11.3. The summed E-state index contributed by atoms with van der Waals surface area (Å²) < 4.78 is 5.55. The van der Waals surface area contributed by atoms with E-state index in [1.54, 1.807) is 6.08 Å². The fraction of sp³-hybridized carbons (Fsp3) is 0.211. The lowest BCUT2D eigenvalue weighted by Gasteiger charge is -2.09. The second-order valence-corrected chi connectivity index (χ2v) is 4.88. The van der Waals surface area contributed by atoms with Crippen LogP contribution in [0, 0.1) is 0 Å². The molecule has 0 heterocycles. The Balaban J connectivity index is 2.45. The molecule has 0 saturated heterocycles. The number of carboxylic acid groups (broad SMARTS) is 1. The molecule has 0 aliphatic rings. The molecule has 3 heteroatoms. The SMILES string of the molecule is CCOc1ccccc1/C=C(\C(=O)O)c1ccc(CC)cc1. The van der Waals surface area contributed by atoms with E-state index in [0.717, 1.165) is 12.0 Å². The van der Waals surface area contributed by atoms with E-state index in [4.69, 9.17) is 4.74 Å². The number of aliphatic carboxylic acids is 1. The van der Waals surface area contributed by atoms with Gasteiger partial charge in [-0.1, -0.05) is 49.4 Å². The first-order valence-corrected chi connectivity index (χ1v) is 7.41. The Morgan fingerprint density at radius 1 is 1.09 bits per heavy atom. The van der Waals surface area contributed by atoms with E-state index in [9.17, 15) is 9.90 Å². The molecule has 0 unspecified atom stereocenters. The van der Waals surface area contributed by atoms with Crippen LogP contribution in [0.5, 0.6) is 5.75 Å². The minimum absolute atomic E-state index is 0.259. The van der Waals surface area contributed by atoms with E-state index in [1.165, 1.54) is 5.56 Å². The van der Waals surface area contributed by atoms with Crippen LogP contribution in [0.4, 0.5) is 0 Å². The van der Waals surface area contributed by atoms with Crippen LogP contribution in [0.2, 0.25) is 0 Å². The summed E-state index contributed by atoms with van der Waals surface area (Å²) in [5.41, 5.74) is 2.90. The second kappa shape index (κ2) is 7.46. The third-order valence-corrected chi connectivity index (χ3v) is 3.42. The zero-order valence-electron chi connectivity index (χ0n) is 12.9. The van der Waals surface area contributed by atoms with Crippen LogP contribution in [0.15, 0.2) is 48.5 Å². The molecule has 0 radical (unpaired) electrons. The van der Waals surface area contributed by atoms with Gasteiger partial charge < -0.3 is 9.84 Å². The Labute approximate surface area is 130 Å². The quantitative estimate of drug-likeness (QED) is 0.639. The number of benzene rings is 2. The molecule has 0 saturated carbocycles. The Hall–Kier alpha value is -2.55. The van der Waals surface area contributed by atoms with Crippen molar-refractivity contribution < 1.29 is 14.6 Å². The predicted octanol–water partition coefficient (Wildman–Crippen LogP) is 4.27. The van der Waals surface area contributed by atoms with E-state index in [-0.39, 0.29) is 5.57 Å². The lowest BCUT2D eigenvalue weighted by atomic mass is 10.0. The summed E-state index contributed by atoms with van der Waals surface area (Å²) in [6, 6.07) is 15.1. The molecule has 0 aliphatic carbocycles. The van der Waals surface area contributed by atoms with E-state index in [1.807, 2.05) is 55.5 Å². The highest BCUT2D eigenvalue weighted by atomic mass is 16.5. The van der Waals surface area contributed by atoms with Crippen molar-refractivity contribution in [1.29, 1.82) is 0 Å². The molecule has 22 heavy (non-hydrogen) atoms. The zero-order valence-corrected chi connectivity index (χ0v) is 12.9. The number of rotatable bonds is 6. The van der Waals surface area contributed by atoms with Crippen molar-refractivity contribution in [2.24, 2.45) is 0 Å². The van der Waals surface area contributed by atoms with E-state index >= 15 is 0 Å². The largest absolute Gasteiger partial charge is 0.493 e. The summed E-state index contributed by atoms with van der Waals surface area (Å²) in [4.78, 5) is 11.6. The average molecular weight is 296 g/mol. The minimum Gasteiger partial charge on any atom is -0.493 e. The minimum atomic E-state index is -0.949. The first-order chi connectivity index (χ1) is 10.7. The smallest absolute Gasteiger partial charge is 0.336 e. The van der Waals surface area contributed by atoms with Gasteiger partial charge in [-0.25, -0.2) is 4.79 Å². The van der Waals surface area contributed by atoms with Gasteiger partial charge in [-0.3, -0.25) is 0 Å². The van der Waals surface area contributed by atoms with Gasteiger partial charge in [-0.05, 0) is 36.6 Å². The summed E-state index contributed by atoms with van der Waals surface area (Å²) in [5.74, 6) is -0.260. The fourth-order valence-corrected chi connectivity index (χ4v) is 2.23. The molecule has 0 atom stereocenters. The molecule has 2 aromatic carbocycles. The highest BCUT2D eigenvalue weighted by Gasteiger charge is 2.12. The topological polar surface area (TPSA) is 46.5 Å². The molecule has 0 aliphatic heterocycles. The van der Waals surface area contributed by atoms with Gasteiger partial charge >= 0.3 is 5.97 Å². The van der Waals surface area contributed by atoms with Crippen LogP contribution in [-0.2, 0) is 11.2 Å². The number of carboxylic acids is 1. The number of hydrogen-bond acceptors (Lipinski definition) is 2. The van der Waals surface area contributed by atoms with Gasteiger partial charge in [-0.2, -0.15) is 0 Å². The van der Waals surface area contributed by atoms with Gasteiger partial charge in [-0.15, -0.1) is 0 Å². The third kappa shape index (κ3) is 3.76. The first-order valence-electron chi connectivity index (χ1n) is 7.41. The van der Waals surface area contributed by atoms with Crippen LogP contribution in [-0.4, -0.2) is 17.7 Å². The van der Waals surface area contributed by atoms with Gasteiger partial charge in [0.05, 0.1) is 12.2 Å². The molecule has 0 fully saturated rings. The first kappa shape index (κ1) is 15.8. The number of aryl methyl sites for hydroxylation is 1. The summed E-state index contributed by atoms with van der Waals surface area (Å²) in [6.07, 6.45) is 2.59. The van der Waals surface area contributed by atoms with Gasteiger partial charge in [0, 0.05) is 5.56 Å². The molecule has 2 rings (SSSR count). The van der Waals surface area contributed by atoms with Crippen LogP contribution in [0.25, 0.3) is 11.6 Å². The van der Waals surface area contributed by atoms with Crippen molar-refractivity contribution in [2.45, 2.75) is 20.3 Å². The van der Waals surface area contributed by atoms with Crippen molar-refractivity contribution >= 4 is 17.6 Å². The number of carbonyl (C=O) groups is 1. The molecule has 0 bridgehead atoms. The lowest BCUT2D eigenvalue weighted by Crippen LogP contribution is -2.01. The fourth-order valence-electron chi connectivity index (χ4n) is 2.23. The van der Waals surface area contributed by atoms with Crippen LogP contribution >= 0.6 is 0 Å². The van der Waals surface area contributed by atoms with Gasteiger partial charge in [0.15, 0.2) is 0 Å². The molecule has 114 valence electrons. The summed E-state index contributed by atoms with van der Waals surface area (Å²) in [5, 5.41) is 9.53. The molecular weight excluding hydrogens is 276 g/mol. The highest BCUT2D eigenvalue weighted by molar-refractivity contribution is 6.20. The van der Waals surface area contributed by atoms with Crippen molar-refractivity contribution in [3.63, 3.8) is 0 Å². The average Bonchev–Trinajstić information content (AvgIpc) is 2.54. The summed E-state index contributed by atoms with van der Waals surface area (Å²) in [7, 11) is 0. The molecule has 3 nitrogen and oxygen atoms in total. The van der Waals surface area contributed by atoms with Crippen LogP contribution < -0.4 is 4.74 Å². The molecule has 0 spiro atoms. The van der Waals surface area contributed by atoms with Crippen LogP contribution in [0.3, 0.4) is 0 Å². The van der Waals surface area contributed by atoms with Gasteiger partial charge in [0.25, 0.3) is 0 Å². The molecule has 1 N–H and O–H groups in total. The maximum atomic E-state index is 11.6. The summed E-state index contributed by atoms with van der Waals surface area (Å²) in [6.45, 7) is 4.52. The maximum absolute atomic E-state index is 11.6. The predicted molar refractivity (Wildman–Crippen MR) is 88.9 cm³/mol. The number of hydrogen-bond donors (Lipinski definition) is 1. The van der Waals surface area contributed by atoms with Crippen LogP contribution in [0.1, 0.15) is 30.5 Å². The van der Waals surface area contributed by atoms with E-state index in [0.29, 0.717) is 17.9 Å². The highest BCUT2D eigenvalue weighted by Crippen LogP contribution is 2.25. The monoisotopic (exact) mass is 296 g/mol. The molecular formula is C19H20O3. The molecule has 0 amide bonds. The van der Waals surface area contributed by atoms with Crippen molar-refractivity contribution in [2.75, 3.05) is 6.61 Å². The maximum Gasteiger partial charge on any atom is 0.336 e. The Kier molecular flexibility index (Phi) is 5.37. The van der Waals surface area contributed by atoms with Crippen molar-refractivity contribution in [3.8, 4) is 5.75 Å². The Morgan fingerprint density at radius 2 is 1.77 bits per heavy atom. The Morgan fingerprint density at radius 3 is 2.36 bits per heavy atom. The van der Waals surface area contributed by atoms with E-state index < -0.39 is 5.97 Å². The zero-order chi connectivity index (χ0) is 15.9. The lowest BCUT2D eigenvalue weighted by molar-refractivity contribution is -0.130.